The Labute approximate surface area is 88.2 Å². The van der Waals surface area contributed by atoms with Gasteiger partial charge in [0.05, 0.1) is 19.1 Å². The van der Waals surface area contributed by atoms with E-state index in [0.29, 0.717) is 11.4 Å². The normalized spacial score (nSPS) is 9.20. The minimum atomic E-state index is -0.352. The van der Waals surface area contributed by atoms with Gasteiger partial charge >= 0.3 is 6.03 Å². The number of amides is 2. The van der Waals surface area contributed by atoms with Crippen molar-refractivity contribution in [2.24, 2.45) is 0 Å². The van der Waals surface area contributed by atoms with E-state index in [1.165, 1.54) is 11.9 Å². The highest BCUT2D eigenvalue weighted by Gasteiger charge is 2.10. The highest BCUT2D eigenvalue weighted by Crippen LogP contribution is 2.18. The van der Waals surface area contributed by atoms with Gasteiger partial charge in [0.25, 0.3) is 0 Å². The first-order valence-electron chi connectivity index (χ1n) is 4.38. The minimum Gasteiger partial charge on any atom is -0.497 e. The molecule has 0 saturated heterocycles. The van der Waals surface area contributed by atoms with Gasteiger partial charge in [-0.3, -0.25) is 10.3 Å². The van der Waals surface area contributed by atoms with E-state index in [0.717, 1.165) is 6.34 Å². The molecule has 5 nitrogen and oxygen atoms in total. The SMILES string of the molecule is CNC(=O)N(C=N)c1ccc(OC)cc1. The van der Waals surface area contributed by atoms with Gasteiger partial charge in [-0.05, 0) is 24.3 Å². The molecular weight excluding hydrogens is 194 g/mol. The Morgan fingerprint density at radius 3 is 2.47 bits per heavy atom. The Morgan fingerprint density at radius 1 is 1.47 bits per heavy atom. The number of urea groups is 1. The van der Waals surface area contributed by atoms with Gasteiger partial charge in [0, 0.05) is 7.05 Å². The first kappa shape index (κ1) is 11.0. The predicted molar refractivity (Wildman–Crippen MR) is 58.7 cm³/mol. The van der Waals surface area contributed by atoms with Crippen LogP contribution in [0.1, 0.15) is 0 Å². The third-order valence-corrected chi connectivity index (χ3v) is 1.91. The molecule has 0 aromatic heterocycles. The summed E-state index contributed by atoms with van der Waals surface area (Å²) in [5.74, 6) is 0.709. The average Bonchev–Trinajstić information content (AvgIpc) is 2.30. The smallest absolute Gasteiger partial charge is 0.326 e. The van der Waals surface area contributed by atoms with Crippen molar-refractivity contribution in [3.05, 3.63) is 24.3 Å². The lowest BCUT2D eigenvalue weighted by molar-refractivity contribution is 0.251. The van der Waals surface area contributed by atoms with E-state index in [1.807, 2.05) is 0 Å². The molecular formula is C10H13N3O2. The molecule has 0 spiro atoms. The highest BCUT2D eigenvalue weighted by atomic mass is 16.5. The Morgan fingerprint density at radius 2 is 2.07 bits per heavy atom. The third-order valence-electron chi connectivity index (χ3n) is 1.91. The fourth-order valence-corrected chi connectivity index (χ4v) is 1.11. The van der Waals surface area contributed by atoms with Gasteiger partial charge in [0.15, 0.2) is 0 Å². The topological polar surface area (TPSA) is 65.4 Å². The predicted octanol–water partition coefficient (Wildman–Crippen LogP) is 1.45. The number of carbonyl (C=O) groups excluding carboxylic acids is 1. The average molecular weight is 207 g/mol. The molecule has 1 aromatic rings. The number of nitrogens with one attached hydrogen (secondary N) is 2. The second-order valence-electron chi connectivity index (χ2n) is 2.75. The molecule has 5 heteroatoms. The number of ether oxygens (including phenoxy) is 1. The van der Waals surface area contributed by atoms with Crippen LogP contribution in [0.25, 0.3) is 0 Å². The Hall–Kier alpha value is -2.04. The summed E-state index contributed by atoms with van der Waals surface area (Å²) in [7, 11) is 3.09. The molecule has 0 atom stereocenters. The summed E-state index contributed by atoms with van der Waals surface area (Å²) in [5.41, 5.74) is 0.616. The molecule has 80 valence electrons. The monoisotopic (exact) mass is 207 g/mol. The van der Waals surface area contributed by atoms with E-state index in [-0.39, 0.29) is 6.03 Å². The van der Waals surface area contributed by atoms with Crippen molar-refractivity contribution >= 4 is 18.1 Å². The molecule has 2 amide bonds. The van der Waals surface area contributed by atoms with Crippen LogP contribution in [-0.2, 0) is 0 Å². The van der Waals surface area contributed by atoms with Gasteiger partial charge < -0.3 is 10.1 Å². The summed E-state index contributed by atoms with van der Waals surface area (Å²) >= 11 is 0. The number of benzene rings is 1. The molecule has 1 rings (SSSR count). The maximum atomic E-state index is 11.3. The molecule has 0 aliphatic heterocycles. The fourth-order valence-electron chi connectivity index (χ4n) is 1.11. The number of nitrogens with zero attached hydrogens (tertiary/aromatic N) is 1. The Kier molecular flexibility index (Phi) is 3.68. The van der Waals surface area contributed by atoms with Crippen molar-refractivity contribution in [1.29, 1.82) is 5.41 Å². The van der Waals surface area contributed by atoms with Crippen LogP contribution >= 0.6 is 0 Å². The second-order valence-corrected chi connectivity index (χ2v) is 2.75. The first-order valence-corrected chi connectivity index (χ1v) is 4.38. The van der Waals surface area contributed by atoms with Crippen LogP contribution < -0.4 is 15.0 Å². The van der Waals surface area contributed by atoms with Gasteiger partial charge in [0.1, 0.15) is 5.75 Å². The number of rotatable bonds is 3. The first-order chi connectivity index (χ1) is 7.22. The quantitative estimate of drug-likeness (QED) is 0.582. The van der Waals surface area contributed by atoms with Crippen LogP contribution in [0, 0.1) is 5.41 Å². The molecule has 0 radical (unpaired) electrons. The van der Waals surface area contributed by atoms with E-state index in [4.69, 9.17) is 10.1 Å². The van der Waals surface area contributed by atoms with Gasteiger partial charge in [-0.1, -0.05) is 0 Å². The van der Waals surface area contributed by atoms with Crippen LogP contribution in [0.3, 0.4) is 0 Å². The molecule has 0 aliphatic rings. The standard InChI is InChI=1S/C10H13N3O2/c1-12-10(14)13(7-11)8-3-5-9(15-2)6-4-8/h3-7,11H,1-2H3,(H,12,14). The van der Waals surface area contributed by atoms with Crippen LogP contribution in [0.15, 0.2) is 24.3 Å². The van der Waals surface area contributed by atoms with E-state index < -0.39 is 0 Å². The number of methoxy groups -OCH3 is 1. The van der Waals surface area contributed by atoms with Crippen LogP contribution in [0.2, 0.25) is 0 Å². The van der Waals surface area contributed by atoms with Crippen LogP contribution in [0.4, 0.5) is 10.5 Å². The fraction of sp³-hybridized carbons (Fsp3) is 0.200. The van der Waals surface area contributed by atoms with Crippen molar-refractivity contribution in [2.45, 2.75) is 0 Å². The summed E-state index contributed by atoms with van der Waals surface area (Å²) in [6.07, 6.45) is 0.959. The summed E-state index contributed by atoms with van der Waals surface area (Å²) in [6.45, 7) is 0. The molecule has 0 fully saturated rings. The lowest BCUT2D eigenvalue weighted by Gasteiger charge is -2.16. The van der Waals surface area contributed by atoms with Crippen molar-refractivity contribution in [1.82, 2.24) is 5.32 Å². The molecule has 2 N–H and O–H groups in total. The second kappa shape index (κ2) is 4.99. The van der Waals surface area contributed by atoms with Crippen molar-refractivity contribution in [3.63, 3.8) is 0 Å². The van der Waals surface area contributed by atoms with E-state index in [9.17, 15) is 4.79 Å². The lowest BCUT2D eigenvalue weighted by atomic mass is 10.3. The van der Waals surface area contributed by atoms with Gasteiger partial charge in [-0.15, -0.1) is 0 Å². The molecule has 1 aromatic carbocycles. The summed E-state index contributed by atoms with van der Waals surface area (Å²) in [6, 6.07) is 6.53. The molecule has 0 unspecified atom stereocenters. The Balaban J connectivity index is 2.92. The van der Waals surface area contributed by atoms with Crippen molar-refractivity contribution in [2.75, 3.05) is 19.1 Å². The molecule has 15 heavy (non-hydrogen) atoms. The molecule has 0 bridgehead atoms. The number of anilines is 1. The van der Waals surface area contributed by atoms with Gasteiger partial charge in [0.2, 0.25) is 0 Å². The number of hydrogen-bond acceptors (Lipinski definition) is 3. The lowest BCUT2D eigenvalue weighted by Crippen LogP contribution is -2.36. The van der Waals surface area contributed by atoms with Crippen LogP contribution in [0.5, 0.6) is 5.75 Å². The largest absolute Gasteiger partial charge is 0.497 e. The van der Waals surface area contributed by atoms with Gasteiger partial charge in [-0.25, -0.2) is 4.79 Å². The maximum Gasteiger partial charge on any atom is 0.326 e. The summed E-state index contributed by atoms with van der Waals surface area (Å²) in [5, 5.41) is 9.59. The zero-order valence-corrected chi connectivity index (χ0v) is 8.65. The summed E-state index contributed by atoms with van der Waals surface area (Å²) in [4.78, 5) is 12.5. The number of carbonyl (C=O) groups is 1. The third kappa shape index (κ3) is 2.46. The van der Waals surface area contributed by atoms with Crippen molar-refractivity contribution in [3.8, 4) is 5.75 Å². The zero-order chi connectivity index (χ0) is 11.3. The molecule has 0 heterocycles. The van der Waals surface area contributed by atoms with E-state index in [2.05, 4.69) is 5.32 Å². The highest BCUT2D eigenvalue weighted by molar-refractivity contribution is 6.06. The Bertz CT molecular complexity index is 348. The molecule has 0 saturated carbocycles. The van der Waals surface area contributed by atoms with Crippen LogP contribution in [-0.4, -0.2) is 26.5 Å². The van der Waals surface area contributed by atoms with Gasteiger partial charge in [-0.2, -0.15) is 0 Å². The number of hydrogen-bond donors (Lipinski definition) is 2. The maximum absolute atomic E-state index is 11.3. The van der Waals surface area contributed by atoms with E-state index in [1.54, 1.807) is 31.4 Å². The molecule has 0 aliphatic carbocycles. The van der Waals surface area contributed by atoms with E-state index >= 15 is 0 Å². The zero-order valence-electron chi connectivity index (χ0n) is 8.65. The summed E-state index contributed by atoms with van der Waals surface area (Å²) < 4.78 is 4.99. The van der Waals surface area contributed by atoms with Crippen molar-refractivity contribution < 1.29 is 9.53 Å². The minimum absolute atomic E-state index is 0.352.